The van der Waals surface area contributed by atoms with E-state index in [9.17, 15) is 9.59 Å². The van der Waals surface area contributed by atoms with Crippen LogP contribution in [0, 0.1) is 11.8 Å². The Labute approximate surface area is 144 Å². The number of fused-ring (bicyclic) bond motifs is 1. The van der Waals surface area contributed by atoms with Gasteiger partial charge in [0.1, 0.15) is 0 Å². The van der Waals surface area contributed by atoms with Gasteiger partial charge in [0.2, 0.25) is 11.8 Å². The summed E-state index contributed by atoms with van der Waals surface area (Å²) in [5.74, 6) is 0.983. The summed E-state index contributed by atoms with van der Waals surface area (Å²) in [6.45, 7) is 6.39. The Hall–Kier alpha value is -1.84. The molecule has 4 heteroatoms. The zero-order valence-electron chi connectivity index (χ0n) is 14.8. The summed E-state index contributed by atoms with van der Waals surface area (Å²) in [5, 5.41) is 0. The van der Waals surface area contributed by atoms with Gasteiger partial charge in [-0.05, 0) is 30.7 Å². The molecule has 2 atom stereocenters. The summed E-state index contributed by atoms with van der Waals surface area (Å²) in [6, 6.07) is 10.3. The molecule has 1 aromatic carbocycles. The van der Waals surface area contributed by atoms with Crippen LogP contribution in [0.5, 0.6) is 0 Å². The second-order valence-corrected chi connectivity index (χ2v) is 7.45. The van der Waals surface area contributed by atoms with E-state index in [0.29, 0.717) is 18.4 Å². The molecule has 4 nitrogen and oxygen atoms in total. The number of nitrogens with zero attached hydrogens (tertiary/aromatic N) is 2. The van der Waals surface area contributed by atoms with Crippen LogP contribution in [0.1, 0.15) is 38.7 Å². The molecule has 0 saturated carbocycles. The summed E-state index contributed by atoms with van der Waals surface area (Å²) in [4.78, 5) is 29.2. The fraction of sp³-hybridized carbons (Fsp3) is 0.600. The number of hydrogen-bond donors (Lipinski definition) is 0. The number of carbonyl (C=O) groups is 2. The van der Waals surface area contributed by atoms with Crippen LogP contribution >= 0.6 is 0 Å². The third-order valence-corrected chi connectivity index (χ3v) is 5.39. The predicted octanol–water partition coefficient (Wildman–Crippen LogP) is 2.72. The first kappa shape index (κ1) is 17.0. The fourth-order valence-corrected chi connectivity index (χ4v) is 4.15. The maximum atomic E-state index is 12.8. The van der Waals surface area contributed by atoms with Gasteiger partial charge in [-0.1, -0.05) is 44.2 Å². The van der Waals surface area contributed by atoms with Gasteiger partial charge in [-0.3, -0.25) is 9.59 Å². The minimum Gasteiger partial charge on any atom is -0.342 e. The van der Waals surface area contributed by atoms with Gasteiger partial charge in [-0.15, -0.1) is 0 Å². The monoisotopic (exact) mass is 328 g/mol. The third-order valence-electron chi connectivity index (χ3n) is 5.39. The van der Waals surface area contributed by atoms with Crippen LogP contribution in [0.4, 0.5) is 0 Å². The minimum atomic E-state index is 0.0564. The Kier molecular flexibility index (Phi) is 5.22. The molecule has 1 aromatic rings. The molecule has 2 fully saturated rings. The van der Waals surface area contributed by atoms with E-state index in [1.165, 1.54) is 0 Å². The smallest absolute Gasteiger partial charge is 0.227 e. The maximum Gasteiger partial charge on any atom is 0.227 e. The standard InChI is InChI=1S/C20H28N2O2/c1-15(2)20(24)21-12-10-18-17(14-21)9-6-11-22(18)19(23)13-16-7-4-3-5-8-16/h3-5,7-8,15,17-18H,6,9-14H2,1-2H3/t17-,18-/m1/s1. The van der Waals surface area contributed by atoms with Gasteiger partial charge in [0.15, 0.2) is 0 Å². The molecule has 0 aliphatic carbocycles. The van der Waals surface area contributed by atoms with Crippen LogP contribution in [-0.4, -0.2) is 47.3 Å². The third kappa shape index (κ3) is 3.63. The second kappa shape index (κ2) is 7.37. The Morgan fingerprint density at radius 3 is 2.58 bits per heavy atom. The van der Waals surface area contributed by atoms with E-state index < -0.39 is 0 Å². The SMILES string of the molecule is CC(C)C(=O)N1CC[C@@H]2[C@H](CCCN2C(=O)Cc2ccccc2)C1. The number of benzene rings is 1. The molecule has 0 aromatic heterocycles. The van der Waals surface area contributed by atoms with Crippen LogP contribution in [0.15, 0.2) is 30.3 Å². The Balaban J connectivity index is 1.65. The zero-order chi connectivity index (χ0) is 17.1. The number of carbonyl (C=O) groups excluding carboxylic acids is 2. The lowest BCUT2D eigenvalue weighted by atomic mass is 9.83. The van der Waals surface area contributed by atoms with Crippen molar-refractivity contribution in [3.05, 3.63) is 35.9 Å². The molecular weight excluding hydrogens is 300 g/mol. The highest BCUT2D eigenvalue weighted by Gasteiger charge is 2.39. The molecule has 0 unspecified atom stereocenters. The Morgan fingerprint density at radius 1 is 1.12 bits per heavy atom. The van der Waals surface area contributed by atoms with Crippen molar-refractivity contribution >= 4 is 11.8 Å². The number of likely N-dealkylation sites (tertiary alicyclic amines) is 2. The van der Waals surface area contributed by atoms with Crippen LogP contribution < -0.4 is 0 Å². The summed E-state index contributed by atoms with van der Waals surface area (Å²) >= 11 is 0. The molecule has 0 N–H and O–H groups in total. The molecule has 0 bridgehead atoms. The minimum absolute atomic E-state index is 0.0564. The lowest BCUT2D eigenvalue weighted by Gasteiger charge is -2.47. The van der Waals surface area contributed by atoms with Crippen LogP contribution in [0.2, 0.25) is 0 Å². The first-order chi connectivity index (χ1) is 11.6. The first-order valence-electron chi connectivity index (χ1n) is 9.18. The van der Waals surface area contributed by atoms with Crippen molar-refractivity contribution in [1.82, 2.24) is 9.80 Å². The van der Waals surface area contributed by atoms with E-state index >= 15 is 0 Å². The van der Waals surface area contributed by atoms with Gasteiger partial charge in [-0.25, -0.2) is 0 Å². The Bertz CT molecular complexity index is 585. The highest BCUT2D eigenvalue weighted by Crippen LogP contribution is 2.31. The highest BCUT2D eigenvalue weighted by molar-refractivity contribution is 5.80. The molecule has 2 aliphatic heterocycles. The summed E-state index contributed by atoms with van der Waals surface area (Å²) < 4.78 is 0. The molecule has 2 amide bonds. The zero-order valence-corrected chi connectivity index (χ0v) is 14.8. The van der Waals surface area contributed by atoms with Gasteiger partial charge in [0, 0.05) is 31.6 Å². The van der Waals surface area contributed by atoms with Crippen LogP contribution in [0.25, 0.3) is 0 Å². The molecule has 2 heterocycles. The first-order valence-corrected chi connectivity index (χ1v) is 9.18. The van der Waals surface area contributed by atoms with Crippen molar-refractivity contribution in [2.24, 2.45) is 11.8 Å². The molecule has 3 rings (SSSR count). The van der Waals surface area contributed by atoms with E-state index in [2.05, 4.69) is 4.90 Å². The van der Waals surface area contributed by atoms with Gasteiger partial charge in [-0.2, -0.15) is 0 Å². The normalized spacial score (nSPS) is 24.0. The second-order valence-electron chi connectivity index (χ2n) is 7.45. The summed E-state index contributed by atoms with van der Waals surface area (Å²) in [6.07, 6.45) is 3.58. The average molecular weight is 328 g/mol. The summed E-state index contributed by atoms with van der Waals surface area (Å²) in [7, 11) is 0. The Morgan fingerprint density at radius 2 is 1.88 bits per heavy atom. The molecule has 0 spiro atoms. The molecule has 24 heavy (non-hydrogen) atoms. The van der Waals surface area contributed by atoms with E-state index in [4.69, 9.17) is 0 Å². The van der Waals surface area contributed by atoms with Gasteiger partial charge < -0.3 is 9.80 Å². The van der Waals surface area contributed by atoms with Crippen molar-refractivity contribution in [1.29, 1.82) is 0 Å². The maximum absolute atomic E-state index is 12.8. The van der Waals surface area contributed by atoms with Gasteiger partial charge in [0.05, 0.1) is 6.42 Å². The summed E-state index contributed by atoms with van der Waals surface area (Å²) in [5.41, 5.74) is 1.08. The molecular formula is C20H28N2O2. The lowest BCUT2D eigenvalue weighted by molar-refractivity contribution is -0.142. The predicted molar refractivity (Wildman–Crippen MR) is 94.4 cm³/mol. The molecule has 2 aliphatic rings. The average Bonchev–Trinajstić information content (AvgIpc) is 2.60. The molecule has 130 valence electrons. The highest BCUT2D eigenvalue weighted by atomic mass is 16.2. The number of piperidine rings is 2. The largest absolute Gasteiger partial charge is 0.342 e. The van der Waals surface area contributed by atoms with Crippen molar-refractivity contribution in [3.8, 4) is 0 Å². The van der Waals surface area contributed by atoms with Crippen LogP contribution in [-0.2, 0) is 16.0 Å². The van der Waals surface area contributed by atoms with E-state index in [1.54, 1.807) is 0 Å². The molecule has 2 saturated heterocycles. The molecule has 0 radical (unpaired) electrons. The number of hydrogen-bond acceptors (Lipinski definition) is 2. The lowest BCUT2D eigenvalue weighted by Crippen LogP contribution is -2.57. The number of amides is 2. The van der Waals surface area contributed by atoms with Crippen LogP contribution in [0.3, 0.4) is 0 Å². The van der Waals surface area contributed by atoms with Gasteiger partial charge >= 0.3 is 0 Å². The van der Waals surface area contributed by atoms with Crippen molar-refractivity contribution in [2.75, 3.05) is 19.6 Å². The van der Waals surface area contributed by atoms with E-state index in [-0.39, 0.29) is 17.7 Å². The fourth-order valence-electron chi connectivity index (χ4n) is 4.15. The van der Waals surface area contributed by atoms with E-state index in [1.807, 2.05) is 49.1 Å². The van der Waals surface area contributed by atoms with Crippen molar-refractivity contribution in [2.45, 2.75) is 45.6 Å². The van der Waals surface area contributed by atoms with E-state index in [0.717, 1.165) is 44.5 Å². The number of rotatable bonds is 3. The topological polar surface area (TPSA) is 40.6 Å². The quantitative estimate of drug-likeness (QED) is 0.856. The van der Waals surface area contributed by atoms with Crippen molar-refractivity contribution in [3.63, 3.8) is 0 Å². The van der Waals surface area contributed by atoms with Gasteiger partial charge in [0.25, 0.3) is 0 Å². The van der Waals surface area contributed by atoms with Crippen molar-refractivity contribution < 1.29 is 9.59 Å².